The average Bonchev–Trinajstić information content (AvgIpc) is 2.97. The van der Waals surface area contributed by atoms with Gasteiger partial charge in [-0.25, -0.2) is 33.5 Å². The van der Waals surface area contributed by atoms with Gasteiger partial charge in [0.1, 0.15) is 5.52 Å². The van der Waals surface area contributed by atoms with E-state index in [4.69, 9.17) is 5.14 Å². The summed E-state index contributed by atoms with van der Waals surface area (Å²) in [5.74, 6) is 0. The Morgan fingerprint density at radius 2 is 1.92 bits per heavy atom. The Bertz CT molecular complexity index is 1200. The molecule has 0 unspecified atom stereocenters. The summed E-state index contributed by atoms with van der Waals surface area (Å²) in [4.78, 5) is 17.1. The first kappa shape index (κ1) is 15.6. The van der Waals surface area contributed by atoms with Crippen LogP contribution in [0.5, 0.6) is 0 Å². The van der Waals surface area contributed by atoms with E-state index in [1.807, 2.05) is 23.6 Å². The Labute approximate surface area is 143 Å². The second-order valence-electron chi connectivity index (χ2n) is 5.74. The third kappa shape index (κ3) is 2.83. The van der Waals surface area contributed by atoms with E-state index in [1.165, 1.54) is 12.3 Å². The van der Waals surface area contributed by atoms with Crippen molar-refractivity contribution in [3.63, 3.8) is 0 Å². The highest BCUT2D eigenvalue weighted by atomic mass is 32.2. The number of sulfonamides is 1. The molecular weight excluding hydrogens is 340 g/mol. The molecule has 0 aliphatic rings. The highest BCUT2D eigenvalue weighted by Gasteiger charge is 2.12. The van der Waals surface area contributed by atoms with E-state index in [0.29, 0.717) is 12.2 Å². The van der Waals surface area contributed by atoms with Crippen LogP contribution in [0.1, 0.15) is 11.3 Å². The SMILES string of the molecule is Cc1ccc2c(ncc3ncn(Cc4ccc(S(N)(=O)=O)nc4)c32)n1. The molecule has 0 saturated carbocycles. The number of primary sulfonamides is 1. The summed E-state index contributed by atoms with van der Waals surface area (Å²) in [6.45, 7) is 2.41. The first-order valence-corrected chi connectivity index (χ1v) is 9.01. The lowest BCUT2D eigenvalue weighted by Crippen LogP contribution is -2.14. The number of rotatable bonds is 3. The predicted octanol–water partition coefficient (Wildman–Crippen LogP) is 1.38. The van der Waals surface area contributed by atoms with E-state index in [9.17, 15) is 8.42 Å². The van der Waals surface area contributed by atoms with Gasteiger partial charge in [-0.2, -0.15) is 0 Å². The van der Waals surface area contributed by atoms with Crippen molar-refractivity contribution in [3.8, 4) is 0 Å². The van der Waals surface area contributed by atoms with Gasteiger partial charge in [0.2, 0.25) is 0 Å². The lowest BCUT2D eigenvalue weighted by molar-refractivity contribution is 0.594. The standard InChI is InChI=1S/C16H14N6O2S/c1-10-2-4-12-15-13(7-19-16(12)21-10)20-9-22(15)8-11-3-5-14(18-6-11)25(17,23)24/h2-7,9H,8H2,1H3,(H2,17,23,24). The van der Waals surface area contributed by atoms with Crippen LogP contribution in [0.3, 0.4) is 0 Å². The van der Waals surface area contributed by atoms with E-state index in [0.717, 1.165) is 27.7 Å². The van der Waals surface area contributed by atoms with Crippen molar-refractivity contribution in [1.82, 2.24) is 24.5 Å². The molecule has 0 saturated heterocycles. The van der Waals surface area contributed by atoms with Crippen molar-refractivity contribution < 1.29 is 8.42 Å². The van der Waals surface area contributed by atoms with Gasteiger partial charge in [-0.1, -0.05) is 6.07 Å². The summed E-state index contributed by atoms with van der Waals surface area (Å²) in [6, 6.07) is 7.00. The molecule has 0 radical (unpaired) electrons. The summed E-state index contributed by atoms with van der Waals surface area (Å²) in [5, 5.41) is 5.83. The number of hydrogen-bond acceptors (Lipinski definition) is 6. The van der Waals surface area contributed by atoms with Crippen molar-refractivity contribution in [2.45, 2.75) is 18.5 Å². The van der Waals surface area contributed by atoms with E-state index < -0.39 is 10.0 Å². The number of nitrogens with zero attached hydrogens (tertiary/aromatic N) is 5. The van der Waals surface area contributed by atoms with Crippen molar-refractivity contribution in [2.24, 2.45) is 5.14 Å². The van der Waals surface area contributed by atoms with Crippen LogP contribution in [0.4, 0.5) is 0 Å². The van der Waals surface area contributed by atoms with Crippen LogP contribution in [0.2, 0.25) is 0 Å². The Balaban J connectivity index is 1.79. The topological polar surface area (TPSA) is 117 Å². The molecule has 9 heteroatoms. The molecule has 8 nitrogen and oxygen atoms in total. The third-order valence-corrected chi connectivity index (χ3v) is 4.71. The first-order valence-electron chi connectivity index (χ1n) is 7.47. The number of aromatic nitrogens is 5. The molecule has 126 valence electrons. The maximum Gasteiger partial charge on any atom is 0.255 e. The van der Waals surface area contributed by atoms with Crippen LogP contribution in [0.15, 0.2) is 48.0 Å². The van der Waals surface area contributed by atoms with Gasteiger partial charge in [-0.05, 0) is 30.7 Å². The third-order valence-electron chi connectivity index (χ3n) is 3.89. The van der Waals surface area contributed by atoms with Crippen LogP contribution in [-0.2, 0) is 16.6 Å². The molecule has 0 bridgehead atoms. The summed E-state index contributed by atoms with van der Waals surface area (Å²) in [5.41, 5.74) is 4.09. The molecule has 0 atom stereocenters. The molecule has 4 rings (SSSR count). The first-order chi connectivity index (χ1) is 11.9. The number of imidazole rings is 1. The van der Waals surface area contributed by atoms with Crippen molar-refractivity contribution in [1.29, 1.82) is 0 Å². The predicted molar refractivity (Wildman–Crippen MR) is 92.3 cm³/mol. The van der Waals surface area contributed by atoms with Crippen LogP contribution in [0.25, 0.3) is 22.1 Å². The summed E-state index contributed by atoms with van der Waals surface area (Å²) >= 11 is 0. The number of aryl methyl sites for hydroxylation is 1. The van der Waals surface area contributed by atoms with Crippen LogP contribution >= 0.6 is 0 Å². The van der Waals surface area contributed by atoms with E-state index in [1.54, 1.807) is 18.6 Å². The van der Waals surface area contributed by atoms with Gasteiger partial charge in [0.05, 0.1) is 24.6 Å². The van der Waals surface area contributed by atoms with Gasteiger partial charge in [-0.15, -0.1) is 0 Å². The minimum Gasteiger partial charge on any atom is -0.325 e. The van der Waals surface area contributed by atoms with Gasteiger partial charge >= 0.3 is 0 Å². The molecule has 0 spiro atoms. The Hall–Kier alpha value is -2.91. The molecule has 4 heterocycles. The van der Waals surface area contributed by atoms with E-state index in [-0.39, 0.29) is 5.03 Å². The second-order valence-corrected chi connectivity index (χ2v) is 7.25. The maximum absolute atomic E-state index is 11.3. The fraction of sp³-hybridized carbons (Fsp3) is 0.125. The molecule has 4 aromatic heterocycles. The van der Waals surface area contributed by atoms with Gasteiger partial charge in [0, 0.05) is 17.3 Å². The zero-order valence-corrected chi connectivity index (χ0v) is 14.1. The number of fused-ring (bicyclic) bond motifs is 3. The molecule has 2 N–H and O–H groups in total. The molecule has 0 fully saturated rings. The van der Waals surface area contributed by atoms with E-state index in [2.05, 4.69) is 19.9 Å². The summed E-state index contributed by atoms with van der Waals surface area (Å²) in [7, 11) is -3.80. The van der Waals surface area contributed by atoms with Gasteiger partial charge in [0.15, 0.2) is 10.7 Å². The van der Waals surface area contributed by atoms with Gasteiger partial charge in [0.25, 0.3) is 10.0 Å². The number of hydrogen-bond donors (Lipinski definition) is 1. The highest BCUT2D eigenvalue weighted by Crippen LogP contribution is 2.23. The highest BCUT2D eigenvalue weighted by molar-refractivity contribution is 7.89. The quantitative estimate of drug-likeness (QED) is 0.594. The Morgan fingerprint density at radius 1 is 1.08 bits per heavy atom. The normalized spacial score (nSPS) is 12.1. The fourth-order valence-electron chi connectivity index (χ4n) is 2.72. The second kappa shape index (κ2) is 5.57. The van der Waals surface area contributed by atoms with Gasteiger partial charge < -0.3 is 4.57 Å². The Kier molecular flexibility index (Phi) is 3.48. The Morgan fingerprint density at radius 3 is 2.64 bits per heavy atom. The minimum absolute atomic E-state index is 0.152. The monoisotopic (exact) mass is 354 g/mol. The van der Waals surface area contributed by atoms with Crippen LogP contribution < -0.4 is 5.14 Å². The van der Waals surface area contributed by atoms with Crippen molar-refractivity contribution in [3.05, 3.63) is 54.2 Å². The molecule has 25 heavy (non-hydrogen) atoms. The average molecular weight is 354 g/mol. The molecule has 0 aliphatic heterocycles. The number of nitrogens with two attached hydrogens (primary N) is 1. The molecule has 0 aliphatic carbocycles. The zero-order valence-electron chi connectivity index (χ0n) is 13.3. The summed E-state index contributed by atoms with van der Waals surface area (Å²) < 4.78 is 24.6. The van der Waals surface area contributed by atoms with Crippen LogP contribution in [-0.4, -0.2) is 32.9 Å². The maximum atomic E-state index is 11.3. The molecule has 4 aromatic rings. The molecule has 0 amide bonds. The van der Waals surface area contributed by atoms with Crippen molar-refractivity contribution >= 4 is 32.1 Å². The van der Waals surface area contributed by atoms with E-state index >= 15 is 0 Å². The lowest BCUT2D eigenvalue weighted by Gasteiger charge is -2.07. The minimum atomic E-state index is -3.80. The number of pyridine rings is 3. The smallest absolute Gasteiger partial charge is 0.255 e. The molecular formula is C16H14N6O2S. The lowest BCUT2D eigenvalue weighted by atomic mass is 10.2. The zero-order chi connectivity index (χ0) is 17.6. The van der Waals surface area contributed by atoms with Crippen LogP contribution in [0, 0.1) is 6.92 Å². The van der Waals surface area contributed by atoms with Gasteiger partial charge in [-0.3, -0.25) is 0 Å². The summed E-state index contributed by atoms with van der Waals surface area (Å²) in [6.07, 6.45) is 4.92. The largest absolute Gasteiger partial charge is 0.325 e. The van der Waals surface area contributed by atoms with Crippen molar-refractivity contribution in [2.75, 3.05) is 0 Å². The molecule has 0 aromatic carbocycles. The fourth-order valence-corrected chi connectivity index (χ4v) is 3.18.